The molecule has 0 heterocycles. The SMILES string of the molecule is CC(=O)N[C@H](C)C(=O)N[C@H](C(=O)N[C@@H](CCCNC(N)=O)C(=O)Nc1ccc(COC(=O)N(C)[C@H](C(N)=O)C(C)C)cc1)C(C)C. The maximum absolute atomic E-state index is 13.3. The maximum Gasteiger partial charge on any atom is 0.410 e. The minimum atomic E-state index is -1.05. The van der Waals surface area contributed by atoms with Crippen LogP contribution in [0.4, 0.5) is 15.3 Å². The van der Waals surface area contributed by atoms with Crippen LogP contribution in [0.25, 0.3) is 0 Å². The highest BCUT2D eigenvalue weighted by Crippen LogP contribution is 2.15. The van der Waals surface area contributed by atoms with Crippen LogP contribution in [0.1, 0.15) is 59.9 Å². The summed E-state index contributed by atoms with van der Waals surface area (Å²) < 4.78 is 5.30. The molecule has 16 heteroatoms. The normalized spacial score (nSPS) is 13.4. The molecule has 46 heavy (non-hydrogen) atoms. The van der Waals surface area contributed by atoms with Crippen LogP contribution in [0, 0.1) is 11.8 Å². The van der Waals surface area contributed by atoms with Crippen molar-refractivity contribution in [3.8, 4) is 0 Å². The summed E-state index contributed by atoms with van der Waals surface area (Å²) in [5.41, 5.74) is 11.5. The van der Waals surface area contributed by atoms with Crippen molar-refractivity contribution >= 4 is 47.3 Å². The van der Waals surface area contributed by atoms with E-state index in [1.807, 2.05) is 0 Å². The monoisotopic (exact) mass is 648 g/mol. The molecule has 0 aliphatic heterocycles. The predicted octanol–water partition coefficient (Wildman–Crippen LogP) is 0.302. The van der Waals surface area contributed by atoms with E-state index in [0.29, 0.717) is 17.7 Å². The van der Waals surface area contributed by atoms with E-state index in [1.54, 1.807) is 52.0 Å². The zero-order chi connectivity index (χ0) is 35.1. The van der Waals surface area contributed by atoms with Crippen LogP contribution in [-0.4, -0.2) is 84.3 Å². The Morgan fingerprint density at radius 1 is 0.826 bits per heavy atom. The number of nitrogens with two attached hydrogens (primary N) is 2. The molecule has 0 saturated heterocycles. The van der Waals surface area contributed by atoms with Gasteiger partial charge in [-0.2, -0.15) is 0 Å². The number of nitrogens with one attached hydrogen (secondary N) is 5. The summed E-state index contributed by atoms with van der Waals surface area (Å²) in [5.74, 6) is -3.35. The molecule has 1 aromatic rings. The van der Waals surface area contributed by atoms with Gasteiger partial charge in [-0.3, -0.25) is 28.9 Å². The second-order valence-electron chi connectivity index (χ2n) is 11.6. The molecule has 0 fully saturated rings. The summed E-state index contributed by atoms with van der Waals surface area (Å²) in [7, 11) is 1.43. The number of ether oxygens (including phenoxy) is 1. The summed E-state index contributed by atoms with van der Waals surface area (Å²) in [5, 5.41) is 12.9. The van der Waals surface area contributed by atoms with Gasteiger partial charge in [-0.1, -0.05) is 39.8 Å². The first-order chi connectivity index (χ1) is 21.4. The van der Waals surface area contributed by atoms with Crippen molar-refractivity contribution < 1.29 is 38.3 Å². The first kappa shape index (κ1) is 39.1. The summed E-state index contributed by atoms with van der Waals surface area (Å²) in [4.78, 5) is 86.8. The molecule has 9 N–H and O–H groups in total. The number of anilines is 1. The molecule has 0 bridgehead atoms. The Labute approximate surface area is 269 Å². The Morgan fingerprint density at radius 3 is 1.93 bits per heavy atom. The summed E-state index contributed by atoms with van der Waals surface area (Å²) in [6, 6.07) is 1.91. The molecule has 0 unspecified atom stereocenters. The number of rotatable bonds is 17. The number of nitrogens with zero attached hydrogens (tertiary/aromatic N) is 1. The molecule has 256 valence electrons. The fraction of sp³-hybridized carbons (Fsp3) is 0.567. The zero-order valence-electron chi connectivity index (χ0n) is 27.5. The third-order valence-electron chi connectivity index (χ3n) is 6.87. The minimum Gasteiger partial charge on any atom is -0.445 e. The van der Waals surface area contributed by atoms with E-state index < -0.39 is 65.8 Å². The standard InChI is InChI=1S/C30H48N8O8/c1-16(2)23(37-26(41)18(5)34-19(6)39)28(43)36-22(9-8-14-33-29(32)44)27(42)35-21-12-10-20(11-13-21)15-46-30(45)38(7)24(17(3)4)25(31)40/h10-13,16-18,22-24H,8-9,14-15H2,1-7H3,(H2,31,40)(H,34,39)(H,35,42)(H,36,43)(H,37,41)(H3,32,33,44)/t18-,22+,23+,24+/m1/s1. The van der Waals surface area contributed by atoms with Crippen LogP contribution in [0.3, 0.4) is 0 Å². The lowest BCUT2D eigenvalue weighted by Gasteiger charge is -2.27. The highest BCUT2D eigenvalue weighted by Gasteiger charge is 2.31. The van der Waals surface area contributed by atoms with E-state index >= 15 is 0 Å². The van der Waals surface area contributed by atoms with Gasteiger partial charge in [-0.15, -0.1) is 0 Å². The number of amides is 8. The largest absolute Gasteiger partial charge is 0.445 e. The van der Waals surface area contributed by atoms with Crippen LogP contribution in [-0.2, 0) is 35.3 Å². The summed E-state index contributed by atoms with van der Waals surface area (Å²) in [6.45, 7) is 9.77. The third-order valence-corrected chi connectivity index (χ3v) is 6.87. The highest BCUT2D eigenvalue weighted by molar-refractivity contribution is 5.99. The zero-order valence-corrected chi connectivity index (χ0v) is 27.5. The van der Waals surface area contributed by atoms with Gasteiger partial charge in [0.15, 0.2) is 0 Å². The molecule has 1 rings (SSSR count). The van der Waals surface area contributed by atoms with Gasteiger partial charge in [-0.25, -0.2) is 9.59 Å². The van der Waals surface area contributed by atoms with Gasteiger partial charge in [0, 0.05) is 26.2 Å². The molecule has 0 aromatic heterocycles. The lowest BCUT2D eigenvalue weighted by atomic mass is 10.0. The molecule has 0 radical (unpaired) electrons. The van der Waals surface area contributed by atoms with Gasteiger partial charge >= 0.3 is 12.1 Å². The molecule has 16 nitrogen and oxygen atoms in total. The van der Waals surface area contributed by atoms with Crippen molar-refractivity contribution in [2.45, 2.75) is 85.2 Å². The quantitative estimate of drug-likeness (QED) is 0.116. The van der Waals surface area contributed by atoms with Crippen molar-refractivity contribution in [3.05, 3.63) is 29.8 Å². The Hall–Kier alpha value is -4.89. The fourth-order valence-corrected chi connectivity index (χ4v) is 4.47. The van der Waals surface area contributed by atoms with Gasteiger partial charge < -0.3 is 42.8 Å². The van der Waals surface area contributed by atoms with Gasteiger partial charge in [0.25, 0.3) is 0 Å². The Morgan fingerprint density at radius 2 is 1.43 bits per heavy atom. The molecule has 1 aromatic carbocycles. The number of hydrogen-bond acceptors (Lipinski definition) is 8. The topological polar surface area (TPSA) is 244 Å². The Bertz CT molecular complexity index is 1240. The van der Waals surface area contributed by atoms with Crippen LogP contribution < -0.4 is 38.1 Å². The number of urea groups is 1. The Kier molecular flexibility index (Phi) is 16.0. The van der Waals surface area contributed by atoms with Crippen LogP contribution in [0.5, 0.6) is 0 Å². The highest BCUT2D eigenvalue weighted by atomic mass is 16.6. The predicted molar refractivity (Wildman–Crippen MR) is 170 cm³/mol. The second-order valence-corrected chi connectivity index (χ2v) is 11.6. The van der Waals surface area contributed by atoms with E-state index in [-0.39, 0.29) is 31.4 Å². The van der Waals surface area contributed by atoms with Gasteiger partial charge in [0.05, 0.1) is 0 Å². The second kappa shape index (κ2) is 18.8. The third kappa shape index (κ3) is 13.4. The van der Waals surface area contributed by atoms with E-state index in [1.165, 1.54) is 20.9 Å². The number of hydrogen-bond donors (Lipinski definition) is 7. The summed E-state index contributed by atoms with van der Waals surface area (Å²) in [6.07, 6.45) is -0.297. The molecule has 8 amide bonds. The summed E-state index contributed by atoms with van der Waals surface area (Å²) >= 11 is 0. The molecular formula is C30H48N8O8. The number of benzene rings is 1. The molecule has 0 aliphatic rings. The number of carbonyl (C=O) groups excluding carboxylic acids is 7. The first-order valence-corrected chi connectivity index (χ1v) is 14.9. The smallest absolute Gasteiger partial charge is 0.410 e. The van der Waals surface area contributed by atoms with E-state index in [2.05, 4.69) is 26.6 Å². The molecular weight excluding hydrogens is 600 g/mol. The number of carbonyl (C=O) groups is 7. The van der Waals surface area contributed by atoms with Crippen molar-refractivity contribution in [2.24, 2.45) is 23.3 Å². The van der Waals surface area contributed by atoms with Gasteiger partial charge in [0.2, 0.25) is 29.5 Å². The van der Waals surface area contributed by atoms with E-state index in [9.17, 15) is 33.6 Å². The van der Waals surface area contributed by atoms with Crippen LogP contribution in [0.15, 0.2) is 24.3 Å². The molecule has 4 atom stereocenters. The van der Waals surface area contributed by atoms with Gasteiger partial charge in [-0.05, 0) is 49.3 Å². The Balaban J connectivity index is 2.96. The van der Waals surface area contributed by atoms with Crippen molar-refractivity contribution in [1.82, 2.24) is 26.2 Å². The van der Waals surface area contributed by atoms with Gasteiger partial charge in [0.1, 0.15) is 30.8 Å². The molecule has 0 spiro atoms. The lowest BCUT2D eigenvalue weighted by Crippen LogP contribution is -2.57. The molecule has 0 aliphatic carbocycles. The average molecular weight is 649 g/mol. The minimum absolute atomic E-state index is 0.102. The fourth-order valence-electron chi connectivity index (χ4n) is 4.47. The van der Waals surface area contributed by atoms with Crippen molar-refractivity contribution in [3.63, 3.8) is 0 Å². The van der Waals surface area contributed by atoms with Crippen molar-refractivity contribution in [1.29, 1.82) is 0 Å². The van der Waals surface area contributed by atoms with Crippen LogP contribution in [0.2, 0.25) is 0 Å². The van der Waals surface area contributed by atoms with Crippen LogP contribution >= 0.6 is 0 Å². The van der Waals surface area contributed by atoms with E-state index in [4.69, 9.17) is 16.2 Å². The first-order valence-electron chi connectivity index (χ1n) is 14.9. The van der Waals surface area contributed by atoms with E-state index in [0.717, 1.165) is 4.90 Å². The lowest BCUT2D eigenvalue weighted by molar-refractivity contribution is -0.133. The average Bonchev–Trinajstić information content (AvgIpc) is 2.95. The maximum atomic E-state index is 13.3. The van der Waals surface area contributed by atoms with Crippen molar-refractivity contribution in [2.75, 3.05) is 18.9 Å². The molecule has 0 saturated carbocycles. The number of likely N-dealkylation sites (N-methyl/N-ethyl adjacent to an activating group) is 1. The number of primary amides is 2.